The molecule has 0 N–H and O–H groups in total. The number of fused-ring (bicyclic) bond motifs is 1. The lowest BCUT2D eigenvalue weighted by Crippen LogP contribution is -2.62. The first-order valence-corrected chi connectivity index (χ1v) is 17.6. The second kappa shape index (κ2) is 16.0. The van der Waals surface area contributed by atoms with Crippen molar-refractivity contribution < 1.29 is 33.4 Å². The van der Waals surface area contributed by atoms with Crippen LogP contribution in [0.15, 0.2) is 24.5 Å². The third-order valence-corrected chi connectivity index (χ3v) is 10.7. The lowest BCUT2D eigenvalue weighted by atomic mass is 9.62. The summed E-state index contributed by atoms with van der Waals surface area (Å²) in [5.74, 6) is -3.91. The number of aromatic nitrogens is 5. The van der Waals surface area contributed by atoms with Crippen LogP contribution in [0, 0.1) is 17.8 Å². The molecule has 0 bridgehead atoms. The summed E-state index contributed by atoms with van der Waals surface area (Å²) in [5.41, 5.74) is -1.03. The molecule has 0 aliphatic carbocycles. The van der Waals surface area contributed by atoms with Gasteiger partial charge < -0.3 is 19.1 Å². The van der Waals surface area contributed by atoms with Gasteiger partial charge in [0, 0.05) is 45.8 Å². The maximum Gasteiger partial charge on any atom is 0.410 e. The van der Waals surface area contributed by atoms with Gasteiger partial charge in [0.25, 0.3) is 0 Å². The van der Waals surface area contributed by atoms with Gasteiger partial charge in [-0.1, -0.05) is 26.0 Å². The van der Waals surface area contributed by atoms with Crippen LogP contribution in [0.25, 0.3) is 11.4 Å². The third kappa shape index (κ3) is 8.02. The number of hydrogen-bond acceptors (Lipinski definition) is 11. The van der Waals surface area contributed by atoms with E-state index in [9.17, 15) is 19.2 Å². The molecule has 14 nitrogen and oxygen atoms in total. The van der Waals surface area contributed by atoms with E-state index in [0.29, 0.717) is 56.7 Å². The maximum atomic E-state index is 13.7. The number of esters is 1. The standard InChI is InChI=1S/C35H52BN7O7/c1-10-28-35(8)31(42(33(47)50-35)17-12-11-16-41-20-27(39-40-41)26-14-13-15-37-38-26)24(5)43(25(6)44)19-21(2)18-34(7,48-9)30(36)22(3)29(45)23(4)32(46)49-28/h13-15,20-24,28,30-31H,10-12,16-19H2,1-9H3/t21-,22+,23-,24-,28-,30-,31-,34-,35-/m1/s1. The van der Waals surface area contributed by atoms with E-state index >= 15 is 0 Å². The smallest absolute Gasteiger partial charge is 0.410 e. The van der Waals surface area contributed by atoms with E-state index in [1.807, 2.05) is 33.8 Å². The molecule has 15 heteroatoms. The second-order valence-electron chi connectivity index (χ2n) is 14.4. The van der Waals surface area contributed by atoms with Crippen molar-refractivity contribution in [2.75, 3.05) is 20.2 Å². The van der Waals surface area contributed by atoms with Crippen molar-refractivity contribution in [3.63, 3.8) is 0 Å². The molecule has 2 aliphatic rings. The summed E-state index contributed by atoms with van der Waals surface area (Å²) in [7, 11) is 8.23. The zero-order chi connectivity index (χ0) is 37.0. The number of aryl methyl sites for hydroxylation is 1. The van der Waals surface area contributed by atoms with Crippen molar-refractivity contribution >= 4 is 31.6 Å². The first-order chi connectivity index (χ1) is 23.6. The van der Waals surface area contributed by atoms with E-state index < -0.39 is 59.1 Å². The molecule has 2 aromatic rings. The van der Waals surface area contributed by atoms with Gasteiger partial charge >= 0.3 is 12.1 Å². The van der Waals surface area contributed by atoms with Crippen LogP contribution in [0.3, 0.4) is 0 Å². The minimum atomic E-state index is -1.33. The van der Waals surface area contributed by atoms with E-state index in [0.717, 1.165) is 0 Å². The van der Waals surface area contributed by atoms with Gasteiger partial charge in [-0.15, -0.1) is 10.2 Å². The van der Waals surface area contributed by atoms with Crippen LogP contribution in [0.4, 0.5) is 4.79 Å². The molecule has 2 radical (unpaired) electrons. The van der Waals surface area contributed by atoms with Crippen LogP contribution in [0.1, 0.15) is 81.1 Å². The van der Waals surface area contributed by atoms with Crippen LogP contribution in [0.2, 0.25) is 5.82 Å². The Morgan fingerprint density at radius 3 is 2.40 bits per heavy atom. The number of unbranched alkanes of at least 4 members (excludes halogenated alkanes) is 1. The monoisotopic (exact) mass is 693 g/mol. The van der Waals surface area contributed by atoms with E-state index in [4.69, 9.17) is 22.1 Å². The van der Waals surface area contributed by atoms with E-state index in [-0.39, 0.29) is 17.6 Å². The molecule has 2 fully saturated rings. The van der Waals surface area contributed by atoms with Gasteiger partial charge in [0.05, 0.1) is 31.7 Å². The highest BCUT2D eigenvalue weighted by Crippen LogP contribution is 2.42. The minimum Gasteiger partial charge on any atom is -0.458 e. The fraction of sp³-hybridized carbons (Fsp3) is 0.714. The predicted molar refractivity (Wildman–Crippen MR) is 185 cm³/mol. The van der Waals surface area contributed by atoms with Crippen molar-refractivity contribution in [2.24, 2.45) is 17.8 Å². The molecule has 9 atom stereocenters. The molecule has 0 aromatic carbocycles. The lowest BCUT2D eigenvalue weighted by Gasteiger charge is -2.44. The van der Waals surface area contributed by atoms with E-state index in [1.54, 1.807) is 53.9 Å². The summed E-state index contributed by atoms with van der Waals surface area (Å²) in [5, 5.41) is 16.4. The van der Waals surface area contributed by atoms with Crippen LogP contribution in [-0.4, -0.2) is 116 Å². The van der Waals surface area contributed by atoms with Crippen molar-refractivity contribution in [1.82, 2.24) is 35.0 Å². The highest BCUT2D eigenvalue weighted by molar-refractivity contribution is 6.15. The molecular formula is C35H52BN7O7. The number of nitrogens with zero attached hydrogens (tertiary/aromatic N) is 7. The van der Waals surface area contributed by atoms with Crippen molar-refractivity contribution in [3.8, 4) is 11.4 Å². The Labute approximate surface area is 296 Å². The normalized spacial score (nSPS) is 32.9. The van der Waals surface area contributed by atoms with Gasteiger partial charge in [-0.2, -0.15) is 5.10 Å². The fourth-order valence-corrected chi connectivity index (χ4v) is 7.74. The molecule has 272 valence electrons. The Bertz CT molecular complexity index is 1510. The SMILES string of the molecule is [B][C@@H]1[C@@H](C)C(=O)[C@@H](C)C(=O)O[C@H](CC)[C@@]2(C)OC(=O)N(CCCCn3cc(-c4cccnn4)nn3)[C@@H]2[C@@H](C)N(C(C)=O)C[C@H](C)C[C@@]1(C)OC. The topological polar surface area (TPSA) is 159 Å². The summed E-state index contributed by atoms with van der Waals surface area (Å²) in [6.07, 6.45) is 3.94. The van der Waals surface area contributed by atoms with Gasteiger partial charge in [-0.25, -0.2) is 4.79 Å². The Balaban J connectivity index is 1.64. The molecule has 0 spiro atoms. The number of carbonyl (C=O) groups is 4. The second-order valence-corrected chi connectivity index (χ2v) is 14.4. The molecule has 0 saturated carbocycles. The number of ether oxygens (including phenoxy) is 3. The van der Waals surface area contributed by atoms with Crippen LogP contribution >= 0.6 is 0 Å². The average molecular weight is 694 g/mol. The molecule has 2 amide bonds. The van der Waals surface area contributed by atoms with Gasteiger partial charge in [-0.05, 0) is 77.2 Å². The minimum absolute atomic E-state index is 0.103. The number of amides is 2. The van der Waals surface area contributed by atoms with Crippen LogP contribution in [-0.2, 0) is 35.1 Å². The van der Waals surface area contributed by atoms with Crippen molar-refractivity contribution in [1.29, 1.82) is 0 Å². The summed E-state index contributed by atoms with van der Waals surface area (Å²) < 4.78 is 19.9. The number of methoxy groups -OCH3 is 1. The number of carbonyl (C=O) groups excluding carboxylic acids is 4. The fourth-order valence-electron chi connectivity index (χ4n) is 7.74. The number of ketones is 1. The molecule has 2 aliphatic heterocycles. The Morgan fingerprint density at radius 2 is 1.78 bits per heavy atom. The van der Waals surface area contributed by atoms with Crippen LogP contribution in [0.5, 0.6) is 0 Å². The first-order valence-electron chi connectivity index (χ1n) is 17.6. The Hall–Kier alpha value is -3.88. The third-order valence-electron chi connectivity index (χ3n) is 10.7. The average Bonchev–Trinajstić information content (AvgIpc) is 3.67. The maximum absolute atomic E-state index is 13.7. The quantitative estimate of drug-likeness (QED) is 0.171. The van der Waals surface area contributed by atoms with Crippen molar-refractivity contribution in [2.45, 2.75) is 123 Å². The van der Waals surface area contributed by atoms with Crippen molar-refractivity contribution in [3.05, 3.63) is 24.5 Å². The summed E-state index contributed by atoms with van der Waals surface area (Å²) in [6.45, 7) is 15.3. The summed E-state index contributed by atoms with van der Waals surface area (Å²) in [4.78, 5) is 57.7. The molecule has 0 unspecified atom stereocenters. The number of hydrogen-bond donors (Lipinski definition) is 0. The Morgan fingerprint density at radius 1 is 1.08 bits per heavy atom. The molecule has 4 heterocycles. The van der Waals surface area contributed by atoms with Crippen LogP contribution < -0.4 is 0 Å². The highest BCUT2D eigenvalue weighted by Gasteiger charge is 2.59. The first kappa shape index (κ1) is 38.9. The van der Waals surface area contributed by atoms with Gasteiger partial charge in [0.15, 0.2) is 5.60 Å². The number of cyclic esters (lactones) is 1. The lowest BCUT2D eigenvalue weighted by molar-refractivity contribution is -0.171. The van der Waals surface area contributed by atoms with Gasteiger partial charge in [0.2, 0.25) is 5.91 Å². The summed E-state index contributed by atoms with van der Waals surface area (Å²) >= 11 is 0. The van der Waals surface area contributed by atoms with E-state index in [1.165, 1.54) is 13.8 Å². The number of rotatable bonds is 8. The predicted octanol–water partition coefficient (Wildman–Crippen LogP) is 3.90. The molecule has 50 heavy (non-hydrogen) atoms. The molecule has 2 aromatic heterocycles. The van der Waals surface area contributed by atoms with E-state index in [2.05, 4.69) is 20.5 Å². The molecule has 2 saturated heterocycles. The molecule has 4 rings (SSSR count). The highest BCUT2D eigenvalue weighted by atomic mass is 16.6. The summed E-state index contributed by atoms with van der Waals surface area (Å²) in [6, 6.07) is 2.38. The zero-order valence-corrected chi connectivity index (χ0v) is 30.9. The van der Waals surface area contributed by atoms with Gasteiger partial charge in [-0.3, -0.25) is 24.0 Å². The molecular weight excluding hydrogens is 641 g/mol. The Kier molecular flexibility index (Phi) is 12.4. The van der Waals surface area contributed by atoms with Gasteiger partial charge in [0.1, 0.15) is 29.2 Å². The largest absolute Gasteiger partial charge is 0.458 e. The number of Topliss-reactive ketones (excluding diaryl/α,β-unsaturated/α-hetero) is 1. The zero-order valence-electron chi connectivity index (χ0n) is 30.9.